The van der Waals surface area contributed by atoms with Crippen molar-refractivity contribution in [2.75, 3.05) is 13.2 Å². The summed E-state index contributed by atoms with van der Waals surface area (Å²) in [5.41, 5.74) is 6.88. The second-order valence-electron chi connectivity index (χ2n) is 4.91. The van der Waals surface area contributed by atoms with Crippen LogP contribution in [0, 0.1) is 0 Å². The molecule has 21 heavy (non-hydrogen) atoms. The Kier molecular flexibility index (Phi) is 7.02. The van der Waals surface area contributed by atoms with Gasteiger partial charge in [0, 0.05) is 6.04 Å². The monoisotopic (exact) mass is 295 g/mol. The predicted molar refractivity (Wildman–Crippen MR) is 81.7 cm³/mol. The number of esters is 1. The third kappa shape index (κ3) is 5.63. The van der Waals surface area contributed by atoms with Crippen LogP contribution in [0.25, 0.3) is 0 Å². The average molecular weight is 295 g/mol. The smallest absolute Gasteiger partial charge is 0.347 e. The molecular formula is C16H25NO4. The van der Waals surface area contributed by atoms with Crippen LogP contribution in [-0.4, -0.2) is 31.3 Å². The Hall–Kier alpha value is -1.75. The Bertz CT molecular complexity index is 460. The summed E-state index contributed by atoms with van der Waals surface area (Å²) in [6.45, 7) is 8.12. The molecule has 1 rings (SSSR count). The molecule has 0 aliphatic heterocycles. The van der Waals surface area contributed by atoms with Gasteiger partial charge >= 0.3 is 5.97 Å². The molecule has 0 fully saturated rings. The van der Waals surface area contributed by atoms with Gasteiger partial charge in [0.25, 0.3) is 0 Å². The Morgan fingerprint density at radius 2 is 1.90 bits per heavy atom. The Labute approximate surface area is 126 Å². The van der Waals surface area contributed by atoms with E-state index in [0.717, 1.165) is 12.0 Å². The lowest BCUT2D eigenvalue weighted by molar-refractivity contribution is -0.150. The first kappa shape index (κ1) is 17.3. The van der Waals surface area contributed by atoms with Crippen LogP contribution in [0.2, 0.25) is 0 Å². The number of benzene rings is 1. The highest BCUT2D eigenvalue weighted by Crippen LogP contribution is 2.30. The largest absolute Gasteiger partial charge is 0.490 e. The summed E-state index contributed by atoms with van der Waals surface area (Å²) in [7, 11) is 0. The quantitative estimate of drug-likeness (QED) is 0.745. The molecule has 2 atom stereocenters. The van der Waals surface area contributed by atoms with Crippen molar-refractivity contribution in [2.45, 2.75) is 46.3 Å². The standard InChI is InChI=1S/C16H25NO4/c1-5-19-15-10-13(9-11(3)17)7-8-14(15)21-12(4)16(18)20-6-2/h7-8,10-12H,5-6,9,17H2,1-4H3. The van der Waals surface area contributed by atoms with Crippen LogP contribution in [0.3, 0.4) is 0 Å². The summed E-state index contributed by atoms with van der Waals surface area (Å²) < 4.78 is 16.2. The molecular weight excluding hydrogens is 270 g/mol. The maximum absolute atomic E-state index is 11.6. The maximum Gasteiger partial charge on any atom is 0.347 e. The van der Waals surface area contributed by atoms with Gasteiger partial charge in [-0.25, -0.2) is 4.79 Å². The van der Waals surface area contributed by atoms with Crippen molar-refractivity contribution in [3.05, 3.63) is 23.8 Å². The molecule has 1 aromatic rings. The van der Waals surface area contributed by atoms with Gasteiger partial charge in [0.2, 0.25) is 0 Å². The van der Waals surface area contributed by atoms with Gasteiger partial charge in [0.15, 0.2) is 17.6 Å². The van der Waals surface area contributed by atoms with E-state index >= 15 is 0 Å². The zero-order valence-corrected chi connectivity index (χ0v) is 13.2. The number of carbonyl (C=O) groups is 1. The summed E-state index contributed by atoms with van der Waals surface area (Å²) in [5.74, 6) is 0.761. The predicted octanol–water partition coefficient (Wildman–Crippen LogP) is 2.31. The van der Waals surface area contributed by atoms with E-state index in [1.165, 1.54) is 0 Å². The molecule has 0 aromatic heterocycles. The molecule has 0 spiro atoms. The van der Waals surface area contributed by atoms with E-state index in [1.807, 2.05) is 26.0 Å². The van der Waals surface area contributed by atoms with Crippen LogP contribution in [0.5, 0.6) is 11.5 Å². The summed E-state index contributed by atoms with van der Waals surface area (Å²) in [4.78, 5) is 11.6. The van der Waals surface area contributed by atoms with E-state index in [9.17, 15) is 4.79 Å². The van der Waals surface area contributed by atoms with Gasteiger partial charge in [-0.2, -0.15) is 0 Å². The third-order valence-electron chi connectivity index (χ3n) is 2.79. The lowest BCUT2D eigenvalue weighted by Crippen LogP contribution is -2.26. The molecule has 0 heterocycles. The molecule has 0 aliphatic carbocycles. The van der Waals surface area contributed by atoms with Crippen molar-refractivity contribution in [3.63, 3.8) is 0 Å². The average Bonchev–Trinajstić information content (AvgIpc) is 2.41. The minimum absolute atomic E-state index is 0.0738. The fourth-order valence-corrected chi connectivity index (χ4v) is 1.92. The zero-order valence-electron chi connectivity index (χ0n) is 13.2. The van der Waals surface area contributed by atoms with Gasteiger partial charge in [-0.3, -0.25) is 0 Å². The molecule has 2 N–H and O–H groups in total. The lowest BCUT2D eigenvalue weighted by atomic mass is 10.1. The molecule has 0 bridgehead atoms. The fourth-order valence-electron chi connectivity index (χ4n) is 1.92. The number of rotatable bonds is 8. The number of ether oxygens (including phenoxy) is 3. The van der Waals surface area contributed by atoms with Crippen molar-refractivity contribution in [1.29, 1.82) is 0 Å². The van der Waals surface area contributed by atoms with Gasteiger partial charge in [-0.05, 0) is 51.8 Å². The summed E-state index contributed by atoms with van der Waals surface area (Å²) in [5, 5.41) is 0. The van der Waals surface area contributed by atoms with Crippen molar-refractivity contribution in [1.82, 2.24) is 0 Å². The van der Waals surface area contributed by atoms with Crippen LogP contribution in [0.15, 0.2) is 18.2 Å². The minimum Gasteiger partial charge on any atom is -0.490 e. The first-order chi connectivity index (χ1) is 9.97. The second-order valence-corrected chi connectivity index (χ2v) is 4.91. The summed E-state index contributed by atoms with van der Waals surface area (Å²) in [6.07, 6.45) is 0.0804. The second kappa shape index (κ2) is 8.52. The van der Waals surface area contributed by atoms with Crippen LogP contribution < -0.4 is 15.2 Å². The van der Waals surface area contributed by atoms with Crippen molar-refractivity contribution in [3.8, 4) is 11.5 Å². The number of carbonyl (C=O) groups excluding carboxylic acids is 1. The molecule has 0 aliphatic rings. The highest BCUT2D eigenvalue weighted by Gasteiger charge is 2.18. The van der Waals surface area contributed by atoms with E-state index in [1.54, 1.807) is 19.9 Å². The first-order valence-corrected chi connectivity index (χ1v) is 7.32. The van der Waals surface area contributed by atoms with Gasteiger partial charge < -0.3 is 19.9 Å². The highest BCUT2D eigenvalue weighted by molar-refractivity contribution is 5.74. The van der Waals surface area contributed by atoms with Gasteiger partial charge in [0.1, 0.15) is 0 Å². The summed E-state index contributed by atoms with van der Waals surface area (Å²) >= 11 is 0. The number of nitrogens with two attached hydrogens (primary N) is 1. The van der Waals surface area contributed by atoms with Crippen LogP contribution in [0.1, 0.15) is 33.3 Å². The molecule has 0 radical (unpaired) electrons. The third-order valence-corrected chi connectivity index (χ3v) is 2.79. The minimum atomic E-state index is -0.677. The molecule has 5 nitrogen and oxygen atoms in total. The van der Waals surface area contributed by atoms with Crippen molar-refractivity contribution < 1.29 is 19.0 Å². The molecule has 1 aromatic carbocycles. The normalized spacial score (nSPS) is 13.4. The lowest BCUT2D eigenvalue weighted by Gasteiger charge is -2.17. The van der Waals surface area contributed by atoms with Crippen molar-refractivity contribution in [2.24, 2.45) is 5.73 Å². The van der Waals surface area contributed by atoms with E-state index < -0.39 is 6.10 Å². The van der Waals surface area contributed by atoms with Gasteiger partial charge in [0.05, 0.1) is 13.2 Å². The Morgan fingerprint density at radius 1 is 1.19 bits per heavy atom. The van der Waals surface area contributed by atoms with E-state index in [-0.39, 0.29) is 12.0 Å². The zero-order chi connectivity index (χ0) is 15.8. The topological polar surface area (TPSA) is 70.8 Å². The molecule has 5 heteroatoms. The van der Waals surface area contributed by atoms with Crippen LogP contribution in [0.4, 0.5) is 0 Å². The Morgan fingerprint density at radius 3 is 2.48 bits per heavy atom. The van der Waals surface area contributed by atoms with Crippen LogP contribution >= 0.6 is 0 Å². The van der Waals surface area contributed by atoms with E-state index in [0.29, 0.717) is 24.7 Å². The molecule has 0 amide bonds. The molecule has 0 saturated carbocycles. The number of hydrogen-bond acceptors (Lipinski definition) is 5. The molecule has 0 saturated heterocycles. The highest BCUT2D eigenvalue weighted by atomic mass is 16.6. The maximum atomic E-state index is 11.6. The molecule has 118 valence electrons. The summed E-state index contributed by atoms with van der Waals surface area (Å²) in [6, 6.07) is 5.71. The van der Waals surface area contributed by atoms with Gasteiger partial charge in [-0.1, -0.05) is 6.07 Å². The van der Waals surface area contributed by atoms with Crippen molar-refractivity contribution >= 4 is 5.97 Å². The van der Waals surface area contributed by atoms with Crippen LogP contribution in [-0.2, 0) is 16.0 Å². The fraction of sp³-hybridized carbons (Fsp3) is 0.562. The number of hydrogen-bond donors (Lipinski definition) is 1. The SMILES string of the molecule is CCOC(=O)C(C)Oc1ccc(CC(C)N)cc1OCC. The van der Waals surface area contributed by atoms with E-state index in [4.69, 9.17) is 19.9 Å². The first-order valence-electron chi connectivity index (χ1n) is 7.32. The molecule has 2 unspecified atom stereocenters. The Balaban J connectivity index is 2.87. The van der Waals surface area contributed by atoms with E-state index in [2.05, 4.69) is 0 Å². The van der Waals surface area contributed by atoms with Gasteiger partial charge in [-0.15, -0.1) is 0 Å².